The lowest BCUT2D eigenvalue weighted by molar-refractivity contribution is -0.200. The molecule has 186 valence electrons. The quantitative estimate of drug-likeness (QED) is 0.292. The Morgan fingerprint density at radius 3 is 2.94 bits per heavy atom. The topological polar surface area (TPSA) is 191 Å². The molecular weight excluding hydrogens is 507 g/mol. The molecule has 6 N–H and O–H groups in total. The van der Waals surface area contributed by atoms with Crippen LogP contribution in [0.1, 0.15) is 12.0 Å². The number of fused-ring (bicyclic) bond motifs is 3. The van der Waals surface area contributed by atoms with E-state index in [4.69, 9.17) is 35.6 Å². The molecule has 1 aliphatic carbocycles. The number of aliphatic hydroxyl groups is 3. The summed E-state index contributed by atoms with van der Waals surface area (Å²) in [5.41, 5.74) is 0.171. The molecule has 0 bridgehead atoms. The summed E-state index contributed by atoms with van der Waals surface area (Å²) >= 11 is 6.22. The highest BCUT2D eigenvalue weighted by Gasteiger charge is 2.84. The first kappa shape index (κ1) is 23.0. The summed E-state index contributed by atoms with van der Waals surface area (Å²) in [5, 5.41) is 32.6. The van der Waals surface area contributed by atoms with Crippen molar-refractivity contribution < 1.29 is 38.2 Å². The first-order valence-electron chi connectivity index (χ1n) is 10.5. The van der Waals surface area contributed by atoms with E-state index in [1.165, 1.54) is 6.20 Å². The molecule has 0 radical (unpaired) electrons. The molecule has 2 aromatic heterocycles. The molecular formula is C20H20ClN4O9P. The third-order valence-electron chi connectivity index (χ3n) is 6.75. The van der Waals surface area contributed by atoms with Crippen LogP contribution in [-0.2, 0) is 30.7 Å². The normalized spacial score (nSPS) is 35.5. The fourth-order valence-corrected chi connectivity index (χ4v) is 6.39. The van der Waals surface area contributed by atoms with Crippen molar-refractivity contribution in [3.8, 4) is 5.75 Å². The summed E-state index contributed by atoms with van der Waals surface area (Å²) in [7, 11) is -4.07. The summed E-state index contributed by atoms with van der Waals surface area (Å²) in [5.74, 6) is 0.107. The van der Waals surface area contributed by atoms with Crippen molar-refractivity contribution in [1.29, 1.82) is 0 Å². The van der Waals surface area contributed by atoms with Crippen LogP contribution in [0.15, 0.2) is 35.3 Å². The zero-order valence-corrected chi connectivity index (χ0v) is 19.5. The Labute approximate surface area is 201 Å². The minimum absolute atomic E-state index is 0.00965. The lowest BCUT2D eigenvalue weighted by Crippen LogP contribution is -2.51. The smallest absolute Gasteiger partial charge is 0.404 e. The number of benzene rings is 1. The molecule has 3 aliphatic rings. The Hall–Kier alpha value is -2.48. The molecule has 3 aromatic rings. The number of ether oxygens (including phenoxy) is 1. The van der Waals surface area contributed by atoms with Crippen molar-refractivity contribution in [2.24, 2.45) is 0 Å². The Bertz CT molecular complexity index is 1480. The van der Waals surface area contributed by atoms with E-state index in [2.05, 4.69) is 9.97 Å². The van der Waals surface area contributed by atoms with Crippen LogP contribution in [0.25, 0.3) is 11.0 Å². The van der Waals surface area contributed by atoms with Crippen molar-refractivity contribution in [2.45, 2.75) is 36.1 Å². The molecule has 1 unspecified atom stereocenters. The van der Waals surface area contributed by atoms with E-state index < -0.39 is 49.6 Å². The maximum atomic E-state index is 13.1. The molecule has 4 heterocycles. The van der Waals surface area contributed by atoms with Gasteiger partial charge in [-0.2, -0.15) is 4.98 Å². The number of nitrogens with one attached hydrogen (secondary N) is 1. The van der Waals surface area contributed by atoms with Gasteiger partial charge in [0.2, 0.25) is 5.95 Å². The van der Waals surface area contributed by atoms with Crippen LogP contribution in [0.2, 0.25) is 5.02 Å². The molecule has 13 nitrogen and oxygen atoms in total. The van der Waals surface area contributed by atoms with Gasteiger partial charge in [0.1, 0.15) is 28.4 Å². The number of hydrogen-bond acceptors (Lipinski definition) is 11. The fraction of sp³-hybridized carbons (Fsp3) is 0.400. The lowest BCUT2D eigenvalue weighted by atomic mass is 10.0. The maximum absolute atomic E-state index is 13.1. The summed E-state index contributed by atoms with van der Waals surface area (Å²) in [6.45, 7) is -1.35. The summed E-state index contributed by atoms with van der Waals surface area (Å²) in [6, 6.07) is 6.86. The number of aromatic nitrogens is 3. The number of nitrogens with two attached hydrogens (primary N) is 1. The van der Waals surface area contributed by atoms with Gasteiger partial charge in [-0.3, -0.25) is 23.4 Å². The van der Waals surface area contributed by atoms with Gasteiger partial charge in [0, 0.05) is 18.2 Å². The number of anilines is 1. The minimum atomic E-state index is -4.07. The number of halogens is 1. The predicted octanol–water partition coefficient (Wildman–Crippen LogP) is 0.604. The number of phosphoric ester groups is 1. The molecule has 1 aromatic carbocycles. The number of H-pyrrole nitrogens is 1. The SMILES string of the molecule is Nc1nc2c(c(Cl)cn2[C@]2(CO)O[C@@]3(COP4(=O)OCc5ccccc5O4)C[C@]3(O)[C@H]2O)c(=O)[nH]1. The van der Waals surface area contributed by atoms with E-state index in [1.54, 1.807) is 24.3 Å². The number of rotatable bonds is 5. The van der Waals surface area contributed by atoms with Crippen molar-refractivity contribution in [3.05, 3.63) is 51.4 Å². The molecule has 0 spiro atoms. The lowest BCUT2D eigenvalue weighted by Gasteiger charge is -2.35. The van der Waals surface area contributed by atoms with Crippen LogP contribution in [0.5, 0.6) is 5.75 Å². The zero-order chi connectivity index (χ0) is 24.8. The number of nitrogen functional groups attached to an aromatic ring is 1. The Morgan fingerprint density at radius 2 is 2.17 bits per heavy atom. The second-order valence-electron chi connectivity index (χ2n) is 8.79. The summed E-state index contributed by atoms with van der Waals surface area (Å²) in [6.07, 6.45) is -0.572. The number of phosphoric acid groups is 1. The van der Waals surface area contributed by atoms with Crippen LogP contribution in [-0.4, -0.2) is 60.4 Å². The van der Waals surface area contributed by atoms with Crippen LogP contribution in [0.3, 0.4) is 0 Å². The van der Waals surface area contributed by atoms with E-state index in [0.29, 0.717) is 11.3 Å². The monoisotopic (exact) mass is 526 g/mol. The van der Waals surface area contributed by atoms with E-state index >= 15 is 0 Å². The average Bonchev–Trinajstić information content (AvgIpc) is 3.19. The van der Waals surface area contributed by atoms with Crippen molar-refractivity contribution in [3.63, 3.8) is 0 Å². The zero-order valence-electron chi connectivity index (χ0n) is 17.9. The van der Waals surface area contributed by atoms with Gasteiger partial charge < -0.3 is 30.3 Å². The molecule has 5 atom stereocenters. The summed E-state index contributed by atoms with van der Waals surface area (Å²) in [4.78, 5) is 18.7. The van der Waals surface area contributed by atoms with E-state index in [9.17, 15) is 24.7 Å². The van der Waals surface area contributed by atoms with Crippen LogP contribution in [0.4, 0.5) is 5.95 Å². The van der Waals surface area contributed by atoms with Gasteiger partial charge in [0.05, 0.1) is 24.8 Å². The molecule has 1 saturated heterocycles. The molecule has 2 aliphatic heterocycles. The van der Waals surface area contributed by atoms with Gasteiger partial charge in [0.25, 0.3) is 5.56 Å². The van der Waals surface area contributed by atoms with Gasteiger partial charge >= 0.3 is 7.82 Å². The highest BCUT2D eigenvalue weighted by Crippen LogP contribution is 2.66. The van der Waals surface area contributed by atoms with E-state index in [0.717, 1.165) is 4.57 Å². The van der Waals surface area contributed by atoms with Gasteiger partial charge in [-0.25, -0.2) is 4.57 Å². The maximum Gasteiger partial charge on any atom is 0.530 e. The third kappa shape index (κ3) is 3.07. The highest BCUT2D eigenvalue weighted by molar-refractivity contribution is 7.49. The Morgan fingerprint density at radius 1 is 1.40 bits per heavy atom. The van der Waals surface area contributed by atoms with Gasteiger partial charge in [0.15, 0.2) is 11.4 Å². The van der Waals surface area contributed by atoms with Crippen molar-refractivity contribution in [2.75, 3.05) is 18.9 Å². The highest BCUT2D eigenvalue weighted by atomic mass is 35.5. The van der Waals surface area contributed by atoms with Crippen LogP contribution in [0, 0.1) is 0 Å². The first-order chi connectivity index (χ1) is 16.6. The molecule has 15 heteroatoms. The standard InChI is InChI=1S/C20H20ClN4O9P/c21-11-5-25(14-13(11)15(27)24-17(22)23-14)20(8-26)16(28)19(29)7-18(19,34-20)9-32-35(30)31-6-10-3-1-2-4-12(10)33-35/h1-5,16,26,28-29H,6-9H2,(H3,22,23,24,27)/t16-,18-,19+,20-,35?/m1/s1. The largest absolute Gasteiger partial charge is 0.530 e. The third-order valence-corrected chi connectivity index (χ3v) is 8.35. The number of hydrogen-bond donors (Lipinski definition) is 5. The van der Waals surface area contributed by atoms with Gasteiger partial charge in [-0.05, 0) is 6.07 Å². The average molecular weight is 527 g/mol. The molecule has 0 amide bonds. The van der Waals surface area contributed by atoms with Gasteiger partial charge in [-0.15, -0.1) is 0 Å². The Kier molecular flexibility index (Phi) is 4.77. The van der Waals surface area contributed by atoms with E-state index in [-0.39, 0.29) is 35.0 Å². The number of para-hydroxylation sites is 1. The predicted molar refractivity (Wildman–Crippen MR) is 120 cm³/mol. The molecule has 2 fully saturated rings. The second-order valence-corrected chi connectivity index (χ2v) is 10.8. The second kappa shape index (κ2) is 7.28. The van der Waals surface area contributed by atoms with Crippen molar-refractivity contribution in [1.82, 2.24) is 14.5 Å². The van der Waals surface area contributed by atoms with Crippen molar-refractivity contribution >= 4 is 36.4 Å². The van der Waals surface area contributed by atoms with Gasteiger partial charge in [-0.1, -0.05) is 29.8 Å². The first-order valence-corrected chi connectivity index (χ1v) is 12.4. The van der Waals surface area contributed by atoms with E-state index in [1.807, 2.05) is 0 Å². The molecule has 1 saturated carbocycles. The fourth-order valence-electron chi connectivity index (χ4n) is 4.86. The minimum Gasteiger partial charge on any atom is -0.404 e. The Balaban J connectivity index is 1.33. The molecule has 35 heavy (non-hydrogen) atoms. The number of aliphatic hydroxyl groups excluding tert-OH is 2. The number of nitrogens with zero attached hydrogens (tertiary/aromatic N) is 2. The number of aromatic amines is 1. The van der Waals surface area contributed by atoms with Crippen LogP contribution >= 0.6 is 19.4 Å². The summed E-state index contributed by atoms with van der Waals surface area (Å²) < 4.78 is 36.5. The molecule has 6 rings (SSSR count). The van der Waals surface area contributed by atoms with Crippen LogP contribution < -0.4 is 15.8 Å².